The van der Waals surface area contributed by atoms with Crippen LogP contribution in [0.4, 0.5) is 0 Å². The summed E-state index contributed by atoms with van der Waals surface area (Å²) in [5.41, 5.74) is 0.569. The first kappa shape index (κ1) is 16.9. The molecule has 1 fully saturated rings. The Kier molecular flexibility index (Phi) is 5.93. The smallest absolute Gasteiger partial charge is 0.251 e. The van der Waals surface area contributed by atoms with E-state index >= 15 is 0 Å². The van der Waals surface area contributed by atoms with Gasteiger partial charge in [-0.1, -0.05) is 18.2 Å². The fraction of sp³-hybridized carbons (Fsp3) is 0.533. The van der Waals surface area contributed by atoms with Gasteiger partial charge in [-0.15, -0.1) is 0 Å². The molecular weight excluding hydrogens is 304 g/mol. The Morgan fingerprint density at radius 1 is 1.27 bits per heavy atom. The monoisotopic (exact) mass is 326 g/mol. The van der Waals surface area contributed by atoms with Crippen LogP contribution in [0.3, 0.4) is 0 Å². The summed E-state index contributed by atoms with van der Waals surface area (Å²) in [5.74, 6) is -0.193. The van der Waals surface area contributed by atoms with Gasteiger partial charge < -0.3 is 10.1 Å². The molecule has 0 saturated carbocycles. The number of nitrogens with zero attached hydrogens (tertiary/aromatic N) is 1. The van der Waals surface area contributed by atoms with E-state index in [9.17, 15) is 13.2 Å². The van der Waals surface area contributed by atoms with Crippen LogP contribution in [0.2, 0.25) is 0 Å². The summed E-state index contributed by atoms with van der Waals surface area (Å²) in [5, 5.41) is 2.76. The van der Waals surface area contributed by atoms with Crippen LogP contribution in [0.5, 0.6) is 0 Å². The number of hydrogen-bond donors (Lipinski definition) is 1. The topological polar surface area (TPSA) is 75.7 Å². The van der Waals surface area contributed by atoms with Crippen LogP contribution in [0.15, 0.2) is 30.3 Å². The molecule has 1 aliphatic rings. The van der Waals surface area contributed by atoms with Gasteiger partial charge in [0.05, 0.1) is 6.26 Å². The number of nitrogens with one attached hydrogen (secondary N) is 1. The van der Waals surface area contributed by atoms with E-state index in [1.54, 1.807) is 24.3 Å². The van der Waals surface area contributed by atoms with Gasteiger partial charge in [-0.05, 0) is 25.0 Å². The minimum absolute atomic E-state index is 0.0441. The zero-order chi connectivity index (χ0) is 16.0. The van der Waals surface area contributed by atoms with Gasteiger partial charge in [0.25, 0.3) is 5.91 Å². The van der Waals surface area contributed by atoms with E-state index in [2.05, 4.69) is 5.32 Å². The van der Waals surface area contributed by atoms with Gasteiger partial charge in [0.1, 0.15) is 0 Å². The van der Waals surface area contributed by atoms with Crippen LogP contribution in [-0.4, -0.2) is 57.2 Å². The minimum atomic E-state index is -3.30. The van der Waals surface area contributed by atoms with Crippen molar-refractivity contribution in [3.8, 4) is 0 Å². The van der Waals surface area contributed by atoms with E-state index in [1.165, 1.54) is 10.6 Å². The first-order valence-electron chi connectivity index (χ1n) is 7.36. The maximum absolute atomic E-state index is 12.0. The second-order valence-electron chi connectivity index (χ2n) is 5.34. The Morgan fingerprint density at radius 2 is 1.91 bits per heavy atom. The van der Waals surface area contributed by atoms with Crippen molar-refractivity contribution in [3.63, 3.8) is 0 Å². The van der Waals surface area contributed by atoms with Crippen LogP contribution in [0.25, 0.3) is 0 Å². The lowest BCUT2D eigenvalue weighted by atomic mass is 10.1. The van der Waals surface area contributed by atoms with Crippen molar-refractivity contribution < 1.29 is 17.9 Å². The van der Waals surface area contributed by atoms with E-state index in [0.29, 0.717) is 31.6 Å². The second-order valence-corrected chi connectivity index (χ2v) is 7.27. The number of hydrogen-bond acceptors (Lipinski definition) is 4. The molecule has 2 rings (SSSR count). The molecule has 7 heteroatoms. The van der Waals surface area contributed by atoms with E-state index in [-0.39, 0.29) is 25.0 Å². The summed E-state index contributed by atoms with van der Waals surface area (Å²) in [7, 11) is -3.30. The predicted octanol–water partition coefficient (Wildman–Crippen LogP) is 0.857. The molecule has 0 radical (unpaired) electrons. The number of carbonyl (C=O) groups is 1. The number of ether oxygens (including phenoxy) is 1. The molecule has 0 bridgehead atoms. The maximum Gasteiger partial charge on any atom is 0.251 e. The van der Waals surface area contributed by atoms with E-state index in [4.69, 9.17) is 4.74 Å². The fourth-order valence-electron chi connectivity index (χ4n) is 2.56. The average molecular weight is 326 g/mol. The summed E-state index contributed by atoms with van der Waals surface area (Å²) in [6, 6.07) is 8.83. The number of rotatable bonds is 6. The zero-order valence-electron chi connectivity index (χ0n) is 12.7. The van der Waals surface area contributed by atoms with Crippen LogP contribution in [-0.2, 0) is 14.8 Å². The minimum Gasteiger partial charge on any atom is -0.381 e. The lowest BCUT2D eigenvalue weighted by Crippen LogP contribution is -2.46. The lowest BCUT2D eigenvalue weighted by molar-refractivity contribution is 0.0585. The lowest BCUT2D eigenvalue weighted by Gasteiger charge is -2.32. The summed E-state index contributed by atoms with van der Waals surface area (Å²) in [6.07, 6.45) is 2.60. The number of benzene rings is 1. The van der Waals surface area contributed by atoms with E-state index in [1.807, 2.05) is 6.07 Å². The molecule has 0 spiro atoms. The summed E-state index contributed by atoms with van der Waals surface area (Å²) >= 11 is 0. The third kappa shape index (κ3) is 4.79. The van der Waals surface area contributed by atoms with Gasteiger partial charge in [-0.2, -0.15) is 4.31 Å². The molecule has 1 N–H and O–H groups in total. The Morgan fingerprint density at radius 3 is 2.50 bits per heavy atom. The zero-order valence-corrected chi connectivity index (χ0v) is 13.5. The van der Waals surface area contributed by atoms with Crippen molar-refractivity contribution in [2.45, 2.75) is 18.9 Å². The van der Waals surface area contributed by atoms with Crippen LogP contribution >= 0.6 is 0 Å². The van der Waals surface area contributed by atoms with Crippen molar-refractivity contribution in [1.82, 2.24) is 9.62 Å². The Hall–Kier alpha value is -1.44. The van der Waals surface area contributed by atoms with Gasteiger partial charge in [-0.3, -0.25) is 4.79 Å². The van der Waals surface area contributed by atoms with Crippen molar-refractivity contribution in [3.05, 3.63) is 35.9 Å². The van der Waals surface area contributed by atoms with Gasteiger partial charge in [0.2, 0.25) is 10.0 Å². The Balaban J connectivity index is 1.90. The first-order valence-corrected chi connectivity index (χ1v) is 9.21. The molecule has 1 saturated heterocycles. The standard InChI is InChI=1S/C15H22N2O4S/c1-22(19,20)17(14-7-11-21-12-8-14)10-9-16-15(18)13-5-3-2-4-6-13/h2-6,14H,7-12H2,1H3,(H,16,18). The quantitative estimate of drug-likeness (QED) is 0.841. The molecule has 1 aromatic carbocycles. The summed E-state index contributed by atoms with van der Waals surface area (Å²) in [4.78, 5) is 12.0. The fourth-order valence-corrected chi connectivity index (χ4v) is 3.74. The van der Waals surface area contributed by atoms with Gasteiger partial charge in [-0.25, -0.2) is 8.42 Å². The highest BCUT2D eigenvalue weighted by Crippen LogP contribution is 2.16. The molecule has 122 valence electrons. The van der Waals surface area contributed by atoms with Crippen LogP contribution < -0.4 is 5.32 Å². The molecule has 1 amide bonds. The van der Waals surface area contributed by atoms with Gasteiger partial charge in [0.15, 0.2) is 0 Å². The molecule has 0 atom stereocenters. The van der Waals surface area contributed by atoms with Crippen molar-refractivity contribution in [2.75, 3.05) is 32.6 Å². The predicted molar refractivity (Wildman–Crippen MR) is 84.2 cm³/mol. The third-order valence-electron chi connectivity index (χ3n) is 3.68. The first-order chi connectivity index (χ1) is 10.5. The van der Waals surface area contributed by atoms with Crippen molar-refractivity contribution in [1.29, 1.82) is 0 Å². The van der Waals surface area contributed by atoms with Gasteiger partial charge in [0, 0.05) is 37.9 Å². The van der Waals surface area contributed by atoms with E-state index in [0.717, 1.165) is 0 Å². The highest BCUT2D eigenvalue weighted by atomic mass is 32.2. The summed E-state index contributed by atoms with van der Waals surface area (Å²) < 4.78 is 30.6. The van der Waals surface area contributed by atoms with Crippen LogP contribution in [0, 0.1) is 0 Å². The molecule has 0 unspecified atom stereocenters. The second kappa shape index (κ2) is 7.71. The molecular formula is C15H22N2O4S. The highest BCUT2D eigenvalue weighted by Gasteiger charge is 2.28. The molecule has 1 aliphatic heterocycles. The van der Waals surface area contributed by atoms with Gasteiger partial charge >= 0.3 is 0 Å². The molecule has 1 aromatic rings. The van der Waals surface area contributed by atoms with Crippen LogP contribution in [0.1, 0.15) is 23.2 Å². The molecule has 0 aromatic heterocycles. The molecule has 0 aliphatic carbocycles. The normalized spacial score (nSPS) is 16.6. The van der Waals surface area contributed by atoms with Crippen molar-refractivity contribution >= 4 is 15.9 Å². The molecule has 1 heterocycles. The maximum atomic E-state index is 12.0. The largest absolute Gasteiger partial charge is 0.381 e. The molecule has 6 nitrogen and oxygen atoms in total. The number of amides is 1. The average Bonchev–Trinajstić information content (AvgIpc) is 2.52. The Bertz CT molecular complexity index is 583. The van der Waals surface area contributed by atoms with E-state index < -0.39 is 10.0 Å². The summed E-state index contributed by atoms with van der Waals surface area (Å²) in [6.45, 7) is 1.72. The van der Waals surface area contributed by atoms with Crippen molar-refractivity contribution in [2.24, 2.45) is 0 Å². The number of sulfonamides is 1. The third-order valence-corrected chi connectivity index (χ3v) is 5.01. The number of carbonyl (C=O) groups excluding carboxylic acids is 1. The SMILES string of the molecule is CS(=O)(=O)N(CCNC(=O)c1ccccc1)C1CCOCC1. The molecule has 22 heavy (non-hydrogen) atoms. The Labute approximate surface area is 131 Å². The highest BCUT2D eigenvalue weighted by molar-refractivity contribution is 7.88.